The molecule has 4 rings (SSSR count). The molecule has 0 saturated heterocycles. The van der Waals surface area contributed by atoms with Gasteiger partial charge in [-0.15, -0.1) is 0 Å². The van der Waals surface area contributed by atoms with E-state index in [1.807, 2.05) is 0 Å². The topological polar surface area (TPSA) is 26.0 Å². The Balaban J connectivity index is 1.82. The predicted molar refractivity (Wildman–Crippen MR) is 88.5 cm³/mol. The summed E-state index contributed by atoms with van der Waals surface area (Å²) in [5.41, 5.74) is 12.2. The standard InChI is InChI=1S/C20H19N/c1-13-10-11-14-6-2-5-9-17(14)19(13)20(21)18-12-15-7-3-4-8-16(15)18/h2-11,18,20H,12,21H2,1H3. The Morgan fingerprint density at radius 1 is 0.952 bits per heavy atom. The van der Waals surface area contributed by atoms with E-state index < -0.39 is 0 Å². The second-order valence-electron chi connectivity index (χ2n) is 6.05. The average Bonchev–Trinajstić information content (AvgIpc) is 2.48. The lowest BCUT2D eigenvalue weighted by atomic mass is 9.71. The lowest BCUT2D eigenvalue weighted by molar-refractivity contribution is 0.501. The van der Waals surface area contributed by atoms with Gasteiger partial charge in [-0.05, 0) is 46.4 Å². The van der Waals surface area contributed by atoms with Gasteiger partial charge in [0, 0.05) is 12.0 Å². The third-order valence-corrected chi connectivity index (χ3v) is 4.85. The summed E-state index contributed by atoms with van der Waals surface area (Å²) in [7, 11) is 0. The number of hydrogen-bond donors (Lipinski definition) is 1. The fraction of sp³-hybridized carbons (Fsp3) is 0.200. The van der Waals surface area contributed by atoms with Crippen LogP contribution in [-0.2, 0) is 6.42 Å². The Morgan fingerprint density at radius 3 is 2.57 bits per heavy atom. The van der Waals surface area contributed by atoms with Crippen LogP contribution in [0.4, 0.5) is 0 Å². The lowest BCUT2D eigenvalue weighted by Gasteiger charge is -2.36. The Morgan fingerprint density at radius 2 is 1.71 bits per heavy atom. The fourth-order valence-corrected chi connectivity index (χ4v) is 3.67. The highest BCUT2D eigenvalue weighted by Crippen LogP contribution is 2.44. The highest BCUT2D eigenvalue weighted by molar-refractivity contribution is 5.87. The number of benzene rings is 3. The first kappa shape index (κ1) is 12.6. The molecule has 3 aromatic carbocycles. The second kappa shape index (κ2) is 4.71. The quantitative estimate of drug-likeness (QED) is 0.731. The molecule has 1 heteroatoms. The van der Waals surface area contributed by atoms with Crippen LogP contribution in [0.5, 0.6) is 0 Å². The zero-order chi connectivity index (χ0) is 14.4. The molecule has 0 amide bonds. The Labute approximate surface area is 125 Å². The number of hydrogen-bond acceptors (Lipinski definition) is 1. The molecule has 1 aliphatic rings. The molecule has 0 saturated carbocycles. The molecular weight excluding hydrogens is 254 g/mol. The minimum Gasteiger partial charge on any atom is -0.323 e. The molecule has 21 heavy (non-hydrogen) atoms. The summed E-state index contributed by atoms with van der Waals surface area (Å²) in [5.74, 6) is 0.450. The molecule has 2 atom stereocenters. The van der Waals surface area contributed by atoms with E-state index in [1.54, 1.807) is 0 Å². The number of aryl methyl sites for hydroxylation is 1. The summed E-state index contributed by atoms with van der Waals surface area (Å²) in [5, 5.41) is 2.58. The summed E-state index contributed by atoms with van der Waals surface area (Å²) >= 11 is 0. The maximum atomic E-state index is 6.68. The molecule has 2 N–H and O–H groups in total. The van der Waals surface area contributed by atoms with E-state index in [0.717, 1.165) is 6.42 Å². The summed E-state index contributed by atoms with van der Waals surface area (Å²) < 4.78 is 0. The van der Waals surface area contributed by atoms with Crippen LogP contribution >= 0.6 is 0 Å². The second-order valence-corrected chi connectivity index (χ2v) is 6.05. The van der Waals surface area contributed by atoms with Gasteiger partial charge in [-0.25, -0.2) is 0 Å². The fourth-order valence-electron chi connectivity index (χ4n) is 3.67. The largest absolute Gasteiger partial charge is 0.323 e. The van der Waals surface area contributed by atoms with Crippen molar-refractivity contribution in [1.29, 1.82) is 0 Å². The van der Waals surface area contributed by atoms with E-state index in [0.29, 0.717) is 5.92 Å². The van der Waals surface area contributed by atoms with E-state index in [4.69, 9.17) is 5.73 Å². The van der Waals surface area contributed by atoms with Gasteiger partial charge in [-0.3, -0.25) is 0 Å². The van der Waals surface area contributed by atoms with Gasteiger partial charge in [0.1, 0.15) is 0 Å². The van der Waals surface area contributed by atoms with Crippen LogP contribution in [-0.4, -0.2) is 0 Å². The van der Waals surface area contributed by atoms with Gasteiger partial charge in [0.15, 0.2) is 0 Å². The molecule has 0 heterocycles. The zero-order valence-corrected chi connectivity index (χ0v) is 12.2. The van der Waals surface area contributed by atoms with Crippen molar-refractivity contribution in [2.45, 2.75) is 25.3 Å². The van der Waals surface area contributed by atoms with Crippen molar-refractivity contribution in [2.75, 3.05) is 0 Å². The first-order valence-electron chi connectivity index (χ1n) is 7.57. The molecule has 0 radical (unpaired) electrons. The Bertz CT molecular complexity index is 819. The van der Waals surface area contributed by atoms with E-state index in [-0.39, 0.29) is 6.04 Å². The van der Waals surface area contributed by atoms with E-state index in [1.165, 1.54) is 33.0 Å². The first-order valence-corrected chi connectivity index (χ1v) is 7.57. The normalized spacial score (nSPS) is 18.1. The summed E-state index contributed by atoms with van der Waals surface area (Å²) in [4.78, 5) is 0. The molecule has 2 unspecified atom stereocenters. The van der Waals surface area contributed by atoms with Gasteiger partial charge < -0.3 is 5.73 Å². The smallest absolute Gasteiger partial charge is 0.0376 e. The summed E-state index contributed by atoms with van der Waals surface area (Å²) in [6.07, 6.45) is 1.10. The molecular formula is C20H19N. The van der Waals surface area contributed by atoms with Gasteiger partial charge in [0.05, 0.1) is 0 Å². The maximum Gasteiger partial charge on any atom is 0.0376 e. The Kier molecular flexibility index (Phi) is 2.83. The molecule has 0 bridgehead atoms. The van der Waals surface area contributed by atoms with Crippen molar-refractivity contribution in [1.82, 2.24) is 0 Å². The van der Waals surface area contributed by atoms with E-state index in [2.05, 4.69) is 67.6 Å². The molecule has 104 valence electrons. The van der Waals surface area contributed by atoms with Gasteiger partial charge in [-0.2, -0.15) is 0 Å². The van der Waals surface area contributed by atoms with Gasteiger partial charge >= 0.3 is 0 Å². The molecule has 0 aliphatic heterocycles. The van der Waals surface area contributed by atoms with Crippen molar-refractivity contribution in [3.8, 4) is 0 Å². The highest BCUT2D eigenvalue weighted by atomic mass is 14.7. The molecule has 0 aromatic heterocycles. The zero-order valence-electron chi connectivity index (χ0n) is 12.2. The van der Waals surface area contributed by atoms with Crippen molar-refractivity contribution in [3.63, 3.8) is 0 Å². The molecule has 1 aliphatic carbocycles. The van der Waals surface area contributed by atoms with Crippen molar-refractivity contribution >= 4 is 10.8 Å². The van der Waals surface area contributed by atoms with Gasteiger partial charge in [0.25, 0.3) is 0 Å². The summed E-state index contributed by atoms with van der Waals surface area (Å²) in [6.45, 7) is 2.17. The average molecular weight is 273 g/mol. The Hall–Kier alpha value is -2.12. The summed E-state index contributed by atoms with van der Waals surface area (Å²) in [6, 6.07) is 21.7. The minimum absolute atomic E-state index is 0.0750. The molecule has 1 nitrogen and oxygen atoms in total. The number of fused-ring (bicyclic) bond motifs is 2. The van der Waals surface area contributed by atoms with Crippen LogP contribution in [0.2, 0.25) is 0 Å². The van der Waals surface area contributed by atoms with E-state index >= 15 is 0 Å². The SMILES string of the molecule is Cc1ccc2ccccc2c1C(N)C1Cc2ccccc21. The van der Waals surface area contributed by atoms with Crippen LogP contribution in [0.3, 0.4) is 0 Å². The molecule has 0 fully saturated rings. The number of rotatable bonds is 2. The van der Waals surface area contributed by atoms with Crippen molar-refractivity contribution in [3.05, 3.63) is 82.9 Å². The van der Waals surface area contributed by atoms with Gasteiger partial charge in [0.2, 0.25) is 0 Å². The molecule has 3 aromatic rings. The van der Waals surface area contributed by atoms with Crippen LogP contribution < -0.4 is 5.73 Å². The van der Waals surface area contributed by atoms with Crippen LogP contribution in [0.1, 0.15) is 34.2 Å². The minimum atomic E-state index is 0.0750. The maximum absolute atomic E-state index is 6.68. The van der Waals surface area contributed by atoms with Crippen molar-refractivity contribution < 1.29 is 0 Å². The van der Waals surface area contributed by atoms with Gasteiger partial charge in [-0.1, -0.05) is 60.7 Å². The van der Waals surface area contributed by atoms with Crippen LogP contribution in [0.25, 0.3) is 10.8 Å². The predicted octanol–water partition coefficient (Wildman–Crippen LogP) is 4.49. The molecule has 0 spiro atoms. The highest BCUT2D eigenvalue weighted by Gasteiger charge is 2.32. The third kappa shape index (κ3) is 1.89. The third-order valence-electron chi connectivity index (χ3n) is 4.85. The lowest BCUT2D eigenvalue weighted by Crippen LogP contribution is -2.29. The van der Waals surface area contributed by atoms with E-state index in [9.17, 15) is 0 Å². The van der Waals surface area contributed by atoms with Crippen LogP contribution in [0.15, 0.2) is 60.7 Å². The first-order chi connectivity index (χ1) is 10.3. The van der Waals surface area contributed by atoms with Crippen molar-refractivity contribution in [2.24, 2.45) is 5.73 Å². The monoisotopic (exact) mass is 273 g/mol. The van der Waals surface area contributed by atoms with Crippen LogP contribution in [0, 0.1) is 6.92 Å². The number of nitrogens with two attached hydrogens (primary N) is 1.